The van der Waals surface area contributed by atoms with Crippen molar-refractivity contribution in [3.8, 4) is 0 Å². The predicted molar refractivity (Wildman–Crippen MR) is 65.5 cm³/mol. The van der Waals surface area contributed by atoms with E-state index in [0.717, 1.165) is 31.9 Å². The first-order valence-electron chi connectivity index (χ1n) is 5.16. The Morgan fingerprint density at radius 1 is 1.19 bits per heavy atom. The number of alkyl halides is 2. The molecule has 0 fully saturated rings. The van der Waals surface area contributed by atoms with Crippen molar-refractivity contribution >= 4 is 12.4 Å². The van der Waals surface area contributed by atoms with Gasteiger partial charge < -0.3 is 5.32 Å². The molecule has 92 valence electrons. The van der Waals surface area contributed by atoms with Crippen molar-refractivity contribution in [1.82, 2.24) is 5.32 Å². The molecule has 0 saturated carbocycles. The van der Waals surface area contributed by atoms with Crippen LogP contribution in [0, 0.1) is 0 Å². The Bertz CT molecular complexity index is 293. The highest BCUT2D eigenvalue weighted by atomic mass is 35.5. The fourth-order valence-electron chi connectivity index (χ4n) is 1.43. The summed E-state index contributed by atoms with van der Waals surface area (Å²) in [5.41, 5.74) is 1.19. The zero-order valence-electron chi connectivity index (χ0n) is 9.59. The lowest BCUT2D eigenvalue weighted by molar-refractivity contribution is 0.0174. The zero-order valence-corrected chi connectivity index (χ0v) is 10.4. The summed E-state index contributed by atoms with van der Waals surface area (Å²) < 4.78 is 25.8. The van der Waals surface area contributed by atoms with Crippen LogP contribution in [0.2, 0.25) is 0 Å². The van der Waals surface area contributed by atoms with Crippen molar-refractivity contribution in [1.29, 1.82) is 0 Å². The SMILES string of the molecule is CNCCCc1ccc(C(C)(F)F)cc1.Cl. The molecule has 0 spiro atoms. The van der Waals surface area contributed by atoms with Crippen molar-refractivity contribution in [2.45, 2.75) is 25.7 Å². The summed E-state index contributed by atoms with van der Waals surface area (Å²) in [6.45, 7) is 1.87. The Balaban J connectivity index is 0.00000225. The average molecular weight is 250 g/mol. The molecule has 0 atom stereocenters. The van der Waals surface area contributed by atoms with Crippen LogP contribution in [0.25, 0.3) is 0 Å². The number of aryl methyl sites for hydroxylation is 1. The van der Waals surface area contributed by atoms with Gasteiger partial charge in [-0.3, -0.25) is 0 Å². The lowest BCUT2D eigenvalue weighted by Crippen LogP contribution is -2.09. The van der Waals surface area contributed by atoms with Crippen LogP contribution in [0.5, 0.6) is 0 Å². The lowest BCUT2D eigenvalue weighted by atomic mass is 10.0. The molecule has 16 heavy (non-hydrogen) atoms. The summed E-state index contributed by atoms with van der Waals surface area (Å²) in [6, 6.07) is 6.58. The summed E-state index contributed by atoms with van der Waals surface area (Å²) in [5.74, 6) is -2.73. The third kappa shape index (κ3) is 4.90. The van der Waals surface area contributed by atoms with Crippen LogP contribution in [0.15, 0.2) is 24.3 Å². The van der Waals surface area contributed by atoms with Gasteiger partial charge in [0.2, 0.25) is 0 Å². The van der Waals surface area contributed by atoms with E-state index in [1.54, 1.807) is 12.1 Å². The second-order valence-electron chi connectivity index (χ2n) is 3.79. The average Bonchev–Trinajstić information content (AvgIpc) is 2.18. The lowest BCUT2D eigenvalue weighted by Gasteiger charge is -2.10. The minimum absolute atomic E-state index is 0. The van der Waals surface area contributed by atoms with E-state index in [1.165, 1.54) is 12.1 Å². The highest BCUT2D eigenvalue weighted by Crippen LogP contribution is 2.26. The molecule has 0 aliphatic rings. The van der Waals surface area contributed by atoms with Gasteiger partial charge in [0, 0.05) is 12.5 Å². The van der Waals surface area contributed by atoms with Crippen LogP contribution in [0.4, 0.5) is 8.78 Å². The number of nitrogens with one attached hydrogen (secondary N) is 1. The standard InChI is InChI=1S/C12H17F2N.ClH/c1-12(13,14)11-7-5-10(6-8-11)4-3-9-15-2;/h5-8,15H,3-4,9H2,1-2H3;1H. The van der Waals surface area contributed by atoms with Gasteiger partial charge in [0.25, 0.3) is 5.92 Å². The summed E-state index contributed by atoms with van der Waals surface area (Å²) in [4.78, 5) is 0. The minimum atomic E-state index is -2.73. The zero-order chi connectivity index (χ0) is 11.3. The first-order chi connectivity index (χ1) is 7.04. The van der Waals surface area contributed by atoms with Crippen molar-refractivity contribution in [3.05, 3.63) is 35.4 Å². The summed E-state index contributed by atoms with van der Waals surface area (Å²) in [7, 11) is 1.90. The smallest absolute Gasteiger partial charge is 0.270 e. The fraction of sp³-hybridized carbons (Fsp3) is 0.500. The molecule has 1 N–H and O–H groups in total. The molecular formula is C12H18ClF2N. The minimum Gasteiger partial charge on any atom is -0.320 e. The van der Waals surface area contributed by atoms with Crippen molar-refractivity contribution in [2.24, 2.45) is 0 Å². The van der Waals surface area contributed by atoms with E-state index in [4.69, 9.17) is 0 Å². The Morgan fingerprint density at radius 2 is 1.75 bits per heavy atom. The highest BCUT2D eigenvalue weighted by molar-refractivity contribution is 5.85. The van der Waals surface area contributed by atoms with Crippen LogP contribution in [-0.4, -0.2) is 13.6 Å². The highest BCUT2D eigenvalue weighted by Gasteiger charge is 2.23. The third-order valence-electron chi connectivity index (χ3n) is 2.35. The molecule has 0 aromatic heterocycles. The topological polar surface area (TPSA) is 12.0 Å². The molecule has 0 unspecified atom stereocenters. The van der Waals surface area contributed by atoms with Gasteiger partial charge in [-0.25, -0.2) is 8.78 Å². The third-order valence-corrected chi connectivity index (χ3v) is 2.35. The molecule has 4 heteroatoms. The molecule has 0 aliphatic heterocycles. The van der Waals surface area contributed by atoms with Gasteiger partial charge in [0.15, 0.2) is 0 Å². The van der Waals surface area contributed by atoms with Crippen LogP contribution >= 0.6 is 12.4 Å². The molecule has 1 nitrogen and oxygen atoms in total. The molecule has 0 bridgehead atoms. The van der Waals surface area contributed by atoms with Crippen LogP contribution < -0.4 is 5.32 Å². The monoisotopic (exact) mass is 249 g/mol. The van der Waals surface area contributed by atoms with Crippen LogP contribution in [0.1, 0.15) is 24.5 Å². The van der Waals surface area contributed by atoms with Gasteiger partial charge in [-0.1, -0.05) is 24.3 Å². The molecule has 0 amide bonds. The number of benzene rings is 1. The van der Waals surface area contributed by atoms with Gasteiger partial charge in [-0.15, -0.1) is 12.4 Å². The normalized spacial score (nSPS) is 11.0. The molecule has 1 aromatic carbocycles. The summed E-state index contributed by atoms with van der Waals surface area (Å²) in [5, 5.41) is 3.05. The van der Waals surface area contributed by atoms with Gasteiger partial charge in [0.1, 0.15) is 0 Å². The maximum absolute atomic E-state index is 12.9. The second-order valence-corrected chi connectivity index (χ2v) is 3.79. The van der Waals surface area contributed by atoms with Gasteiger partial charge in [-0.2, -0.15) is 0 Å². The fourth-order valence-corrected chi connectivity index (χ4v) is 1.43. The van der Waals surface area contributed by atoms with E-state index in [9.17, 15) is 8.78 Å². The van der Waals surface area contributed by atoms with E-state index >= 15 is 0 Å². The quantitative estimate of drug-likeness (QED) is 0.789. The largest absolute Gasteiger partial charge is 0.320 e. The second kappa shape index (κ2) is 6.81. The molecule has 0 radical (unpaired) electrons. The number of hydrogen-bond acceptors (Lipinski definition) is 1. The van der Waals surface area contributed by atoms with E-state index in [0.29, 0.717) is 0 Å². The molecule has 1 rings (SSSR count). The number of halogens is 3. The Labute approximate surface area is 102 Å². The summed E-state index contributed by atoms with van der Waals surface area (Å²) in [6.07, 6.45) is 1.95. The van der Waals surface area contributed by atoms with Crippen molar-refractivity contribution in [2.75, 3.05) is 13.6 Å². The van der Waals surface area contributed by atoms with E-state index in [-0.39, 0.29) is 18.0 Å². The van der Waals surface area contributed by atoms with Crippen molar-refractivity contribution < 1.29 is 8.78 Å². The number of hydrogen-bond donors (Lipinski definition) is 1. The van der Waals surface area contributed by atoms with Crippen LogP contribution in [-0.2, 0) is 12.3 Å². The Kier molecular flexibility index (Phi) is 6.53. The molecular weight excluding hydrogens is 232 g/mol. The van der Waals surface area contributed by atoms with Gasteiger partial charge in [0.05, 0.1) is 0 Å². The van der Waals surface area contributed by atoms with E-state index in [1.807, 2.05) is 7.05 Å². The summed E-state index contributed by atoms with van der Waals surface area (Å²) >= 11 is 0. The number of rotatable bonds is 5. The first-order valence-corrected chi connectivity index (χ1v) is 5.16. The van der Waals surface area contributed by atoms with E-state index < -0.39 is 5.92 Å². The molecule has 0 heterocycles. The first kappa shape index (κ1) is 15.3. The Morgan fingerprint density at radius 3 is 2.19 bits per heavy atom. The molecule has 0 aliphatic carbocycles. The van der Waals surface area contributed by atoms with Gasteiger partial charge >= 0.3 is 0 Å². The molecule has 0 saturated heterocycles. The predicted octanol–water partition coefficient (Wildman–Crippen LogP) is 3.37. The Hall–Kier alpha value is -0.670. The maximum atomic E-state index is 12.9. The van der Waals surface area contributed by atoms with Crippen LogP contribution in [0.3, 0.4) is 0 Å². The van der Waals surface area contributed by atoms with E-state index in [2.05, 4.69) is 5.32 Å². The molecule has 1 aromatic rings. The maximum Gasteiger partial charge on any atom is 0.270 e. The van der Waals surface area contributed by atoms with Crippen molar-refractivity contribution in [3.63, 3.8) is 0 Å². The van der Waals surface area contributed by atoms with Gasteiger partial charge in [-0.05, 0) is 32.0 Å².